The SMILES string of the molecule is Cc1cnc(C(C)NC(=O)C2CCNC2)o1. The molecule has 1 saturated heterocycles. The van der Waals surface area contributed by atoms with E-state index in [-0.39, 0.29) is 17.9 Å². The van der Waals surface area contributed by atoms with Crippen LogP contribution in [0.1, 0.15) is 31.0 Å². The number of aromatic nitrogens is 1. The second-order valence-corrected chi connectivity index (χ2v) is 4.23. The molecule has 2 N–H and O–H groups in total. The van der Waals surface area contributed by atoms with Crippen molar-refractivity contribution in [3.8, 4) is 0 Å². The van der Waals surface area contributed by atoms with Gasteiger partial charge in [0.1, 0.15) is 11.8 Å². The van der Waals surface area contributed by atoms with Crippen LogP contribution in [0.15, 0.2) is 10.6 Å². The van der Waals surface area contributed by atoms with Crippen LogP contribution in [-0.2, 0) is 4.79 Å². The van der Waals surface area contributed by atoms with Crippen molar-refractivity contribution in [3.63, 3.8) is 0 Å². The topological polar surface area (TPSA) is 67.2 Å². The fraction of sp³-hybridized carbons (Fsp3) is 0.636. The number of rotatable bonds is 3. The molecule has 2 atom stereocenters. The average Bonchev–Trinajstić information content (AvgIpc) is 2.87. The maximum atomic E-state index is 11.8. The van der Waals surface area contributed by atoms with E-state index < -0.39 is 0 Å². The number of nitrogens with zero attached hydrogens (tertiary/aromatic N) is 1. The second-order valence-electron chi connectivity index (χ2n) is 4.23. The lowest BCUT2D eigenvalue weighted by Crippen LogP contribution is -2.33. The summed E-state index contributed by atoms with van der Waals surface area (Å²) in [6.07, 6.45) is 2.57. The van der Waals surface area contributed by atoms with Crippen LogP contribution in [-0.4, -0.2) is 24.0 Å². The van der Waals surface area contributed by atoms with Crippen molar-refractivity contribution in [2.75, 3.05) is 13.1 Å². The summed E-state index contributed by atoms with van der Waals surface area (Å²) in [6, 6.07) is -0.165. The molecule has 0 spiro atoms. The molecule has 0 aromatic carbocycles. The minimum atomic E-state index is -0.165. The van der Waals surface area contributed by atoms with Gasteiger partial charge in [-0.05, 0) is 26.8 Å². The van der Waals surface area contributed by atoms with Crippen LogP contribution in [0.25, 0.3) is 0 Å². The highest BCUT2D eigenvalue weighted by Gasteiger charge is 2.24. The normalized spacial score (nSPS) is 22.0. The second kappa shape index (κ2) is 4.65. The van der Waals surface area contributed by atoms with Gasteiger partial charge in [0.2, 0.25) is 11.8 Å². The van der Waals surface area contributed by atoms with Gasteiger partial charge in [-0.3, -0.25) is 4.79 Å². The molecule has 16 heavy (non-hydrogen) atoms. The summed E-state index contributed by atoms with van der Waals surface area (Å²) in [7, 11) is 0. The minimum absolute atomic E-state index is 0.0772. The summed E-state index contributed by atoms with van der Waals surface area (Å²) < 4.78 is 5.37. The molecule has 1 aliphatic heterocycles. The van der Waals surface area contributed by atoms with Gasteiger partial charge in [0, 0.05) is 6.54 Å². The molecule has 0 aliphatic carbocycles. The van der Waals surface area contributed by atoms with Crippen LogP contribution in [0, 0.1) is 12.8 Å². The van der Waals surface area contributed by atoms with Crippen molar-refractivity contribution in [1.82, 2.24) is 15.6 Å². The zero-order valence-electron chi connectivity index (χ0n) is 9.62. The molecule has 1 fully saturated rings. The van der Waals surface area contributed by atoms with Gasteiger partial charge in [0.15, 0.2) is 0 Å². The number of aryl methyl sites for hydroxylation is 1. The van der Waals surface area contributed by atoms with Crippen molar-refractivity contribution < 1.29 is 9.21 Å². The third kappa shape index (κ3) is 2.41. The minimum Gasteiger partial charge on any atom is -0.444 e. The van der Waals surface area contributed by atoms with Gasteiger partial charge < -0.3 is 15.1 Å². The molecule has 2 heterocycles. The van der Waals surface area contributed by atoms with Crippen LogP contribution in [0.5, 0.6) is 0 Å². The lowest BCUT2D eigenvalue weighted by Gasteiger charge is -2.13. The molecule has 0 radical (unpaired) electrons. The molecule has 1 aromatic heterocycles. The Morgan fingerprint density at radius 1 is 1.75 bits per heavy atom. The number of hydrogen-bond acceptors (Lipinski definition) is 4. The first-order valence-electron chi connectivity index (χ1n) is 5.60. The first-order chi connectivity index (χ1) is 7.66. The summed E-state index contributed by atoms with van der Waals surface area (Å²) in [5, 5.41) is 6.09. The lowest BCUT2D eigenvalue weighted by atomic mass is 10.1. The van der Waals surface area contributed by atoms with Crippen molar-refractivity contribution >= 4 is 5.91 Å². The third-order valence-electron chi connectivity index (χ3n) is 2.80. The molecule has 0 bridgehead atoms. The first kappa shape index (κ1) is 11.1. The van der Waals surface area contributed by atoms with E-state index in [2.05, 4.69) is 15.6 Å². The number of nitrogens with one attached hydrogen (secondary N) is 2. The lowest BCUT2D eigenvalue weighted by molar-refractivity contribution is -0.125. The van der Waals surface area contributed by atoms with E-state index in [4.69, 9.17) is 4.42 Å². The van der Waals surface area contributed by atoms with Gasteiger partial charge in [0.25, 0.3) is 0 Å². The number of amides is 1. The van der Waals surface area contributed by atoms with Gasteiger partial charge in [-0.25, -0.2) is 4.98 Å². The summed E-state index contributed by atoms with van der Waals surface area (Å²) in [6.45, 7) is 5.41. The Kier molecular flexibility index (Phi) is 3.24. The zero-order valence-corrected chi connectivity index (χ0v) is 9.62. The quantitative estimate of drug-likeness (QED) is 0.794. The number of carbonyl (C=O) groups is 1. The van der Waals surface area contributed by atoms with E-state index in [1.54, 1.807) is 6.20 Å². The van der Waals surface area contributed by atoms with E-state index >= 15 is 0 Å². The molecule has 88 valence electrons. The van der Waals surface area contributed by atoms with Gasteiger partial charge in [-0.15, -0.1) is 0 Å². The Labute approximate surface area is 94.6 Å². The van der Waals surface area contributed by atoms with Gasteiger partial charge in [-0.1, -0.05) is 0 Å². The number of carbonyl (C=O) groups excluding carboxylic acids is 1. The predicted octanol–water partition coefficient (Wildman–Crippen LogP) is 0.770. The highest BCUT2D eigenvalue weighted by atomic mass is 16.4. The van der Waals surface area contributed by atoms with Crippen molar-refractivity contribution in [1.29, 1.82) is 0 Å². The van der Waals surface area contributed by atoms with E-state index in [1.807, 2.05) is 13.8 Å². The fourth-order valence-electron chi connectivity index (χ4n) is 1.84. The molecule has 1 aromatic rings. The first-order valence-corrected chi connectivity index (χ1v) is 5.60. The Morgan fingerprint density at radius 2 is 2.56 bits per heavy atom. The van der Waals surface area contributed by atoms with E-state index in [9.17, 15) is 4.79 Å². The Hall–Kier alpha value is -1.36. The Morgan fingerprint density at radius 3 is 3.12 bits per heavy atom. The largest absolute Gasteiger partial charge is 0.444 e. The molecule has 2 rings (SSSR count). The molecule has 1 amide bonds. The van der Waals surface area contributed by atoms with Crippen LogP contribution in [0.2, 0.25) is 0 Å². The van der Waals surface area contributed by atoms with E-state index in [0.29, 0.717) is 5.89 Å². The summed E-state index contributed by atoms with van der Waals surface area (Å²) in [5.41, 5.74) is 0. The van der Waals surface area contributed by atoms with Crippen molar-refractivity contribution in [2.45, 2.75) is 26.3 Å². The maximum absolute atomic E-state index is 11.8. The maximum Gasteiger partial charge on any atom is 0.225 e. The zero-order chi connectivity index (χ0) is 11.5. The van der Waals surface area contributed by atoms with Crippen LogP contribution < -0.4 is 10.6 Å². The highest BCUT2D eigenvalue weighted by molar-refractivity contribution is 5.79. The summed E-state index contributed by atoms with van der Waals surface area (Å²) in [4.78, 5) is 15.9. The van der Waals surface area contributed by atoms with Crippen LogP contribution in [0.4, 0.5) is 0 Å². The Balaban J connectivity index is 1.91. The summed E-state index contributed by atoms with van der Waals surface area (Å²) >= 11 is 0. The van der Waals surface area contributed by atoms with Crippen molar-refractivity contribution in [2.24, 2.45) is 5.92 Å². The van der Waals surface area contributed by atoms with E-state index in [1.165, 1.54) is 0 Å². The van der Waals surface area contributed by atoms with Crippen molar-refractivity contribution in [3.05, 3.63) is 17.8 Å². The van der Waals surface area contributed by atoms with Gasteiger partial charge in [-0.2, -0.15) is 0 Å². The standard InChI is InChI=1S/C11H17N3O2/c1-7-5-13-11(16-7)8(2)14-10(15)9-3-4-12-6-9/h5,8-9,12H,3-4,6H2,1-2H3,(H,14,15). The summed E-state index contributed by atoms with van der Waals surface area (Å²) in [5.74, 6) is 1.49. The van der Waals surface area contributed by atoms with E-state index in [0.717, 1.165) is 25.3 Å². The Bertz CT molecular complexity index is 369. The average molecular weight is 223 g/mol. The number of hydrogen-bond donors (Lipinski definition) is 2. The van der Waals surface area contributed by atoms with Gasteiger partial charge >= 0.3 is 0 Å². The molecule has 2 unspecified atom stereocenters. The molecule has 1 aliphatic rings. The third-order valence-corrected chi connectivity index (χ3v) is 2.80. The molecule has 5 heteroatoms. The van der Waals surface area contributed by atoms with Crippen LogP contribution in [0.3, 0.4) is 0 Å². The molecular formula is C11H17N3O2. The molecule has 0 saturated carbocycles. The smallest absolute Gasteiger partial charge is 0.225 e. The monoisotopic (exact) mass is 223 g/mol. The highest BCUT2D eigenvalue weighted by Crippen LogP contribution is 2.14. The number of oxazole rings is 1. The predicted molar refractivity (Wildman–Crippen MR) is 58.8 cm³/mol. The van der Waals surface area contributed by atoms with Crippen LogP contribution >= 0.6 is 0 Å². The fourth-order valence-corrected chi connectivity index (χ4v) is 1.84. The van der Waals surface area contributed by atoms with Gasteiger partial charge in [0.05, 0.1) is 12.1 Å². The molecule has 5 nitrogen and oxygen atoms in total. The molecular weight excluding hydrogens is 206 g/mol.